The Morgan fingerprint density at radius 2 is 1.76 bits per heavy atom. The minimum atomic E-state index is 0.316. The lowest BCUT2D eigenvalue weighted by Gasteiger charge is -2.01. The lowest BCUT2D eigenvalue weighted by atomic mass is 10.1. The zero-order chi connectivity index (χ0) is 15.0. The predicted molar refractivity (Wildman–Crippen MR) is 82.7 cm³/mol. The fourth-order valence-corrected chi connectivity index (χ4v) is 2.69. The monoisotopic (exact) mass is 339 g/mol. The van der Waals surface area contributed by atoms with Crippen LogP contribution >= 0.6 is 34.8 Å². The van der Waals surface area contributed by atoms with Crippen LogP contribution in [0.15, 0.2) is 35.1 Å². The number of aromatic nitrogens is 3. The Morgan fingerprint density at radius 3 is 2.43 bits per heavy atom. The third-order valence-electron chi connectivity index (χ3n) is 2.92. The molecule has 0 atom stereocenters. The zero-order valence-electron chi connectivity index (χ0n) is 10.8. The van der Waals surface area contributed by atoms with Crippen LogP contribution in [0, 0.1) is 6.92 Å². The van der Waals surface area contributed by atoms with Crippen LogP contribution in [0.5, 0.6) is 0 Å². The number of nitrogens with zero attached hydrogens (tertiary/aromatic N) is 3. The molecule has 0 fully saturated rings. The van der Waals surface area contributed by atoms with E-state index >= 15 is 0 Å². The topological polar surface area (TPSA) is 51.8 Å². The molecule has 4 nitrogen and oxygen atoms in total. The molecule has 21 heavy (non-hydrogen) atoms. The zero-order valence-corrected chi connectivity index (χ0v) is 13.0. The van der Waals surface area contributed by atoms with Crippen LogP contribution in [0.25, 0.3) is 22.8 Å². The molecule has 7 heteroatoms. The first-order chi connectivity index (χ1) is 10.1. The van der Waals surface area contributed by atoms with Gasteiger partial charge in [-0.05, 0) is 30.7 Å². The van der Waals surface area contributed by atoms with Crippen molar-refractivity contribution >= 4 is 34.8 Å². The molecule has 0 radical (unpaired) electrons. The number of halogens is 3. The van der Waals surface area contributed by atoms with E-state index in [0.29, 0.717) is 32.3 Å². The second-order valence-electron chi connectivity index (χ2n) is 4.36. The van der Waals surface area contributed by atoms with E-state index in [4.69, 9.17) is 39.3 Å². The van der Waals surface area contributed by atoms with Gasteiger partial charge in [0, 0.05) is 23.0 Å². The standard InChI is InChI=1S/C14H8Cl3N3O/c1-7-4-8(15)2-3-9(7)14-19-13(20-21-14)12-10(16)5-18-6-11(12)17/h2-6H,1H3. The molecular formula is C14H8Cl3N3O. The summed E-state index contributed by atoms with van der Waals surface area (Å²) >= 11 is 18.1. The van der Waals surface area contributed by atoms with Gasteiger partial charge in [-0.3, -0.25) is 4.98 Å². The smallest absolute Gasteiger partial charge is 0.258 e. The maximum atomic E-state index is 6.09. The van der Waals surface area contributed by atoms with Crippen LogP contribution in [0.3, 0.4) is 0 Å². The summed E-state index contributed by atoms with van der Waals surface area (Å²) in [6.45, 7) is 1.91. The van der Waals surface area contributed by atoms with E-state index < -0.39 is 0 Å². The minimum absolute atomic E-state index is 0.316. The molecule has 0 amide bonds. The van der Waals surface area contributed by atoms with Crippen molar-refractivity contribution in [2.75, 3.05) is 0 Å². The molecule has 0 saturated carbocycles. The Hall–Kier alpha value is -1.62. The van der Waals surface area contributed by atoms with Gasteiger partial charge in [-0.1, -0.05) is 40.0 Å². The highest BCUT2D eigenvalue weighted by Gasteiger charge is 2.17. The summed E-state index contributed by atoms with van der Waals surface area (Å²) < 4.78 is 5.29. The second kappa shape index (κ2) is 5.64. The lowest BCUT2D eigenvalue weighted by Crippen LogP contribution is -1.87. The van der Waals surface area contributed by atoms with Crippen molar-refractivity contribution in [3.8, 4) is 22.8 Å². The van der Waals surface area contributed by atoms with Gasteiger partial charge in [0.2, 0.25) is 5.82 Å². The van der Waals surface area contributed by atoms with Gasteiger partial charge in [-0.25, -0.2) is 0 Å². The molecule has 0 spiro atoms. The maximum Gasteiger partial charge on any atom is 0.258 e. The largest absolute Gasteiger partial charge is 0.334 e. The fraction of sp³-hybridized carbons (Fsp3) is 0.0714. The summed E-state index contributed by atoms with van der Waals surface area (Å²) in [5, 5.41) is 5.31. The minimum Gasteiger partial charge on any atom is -0.334 e. The van der Waals surface area contributed by atoms with Gasteiger partial charge in [0.05, 0.1) is 15.6 Å². The first-order valence-electron chi connectivity index (χ1n) is 5.96. The first kappa shape index (κ1) is 14.3. The van der Waals surface area contributed by atoms with Gasteiger partial charge in [0.25, 0.3) is 5.89 Å². The Morgan fingerprint density at radius 1 is 1.05 bits per heavy atom. The molecule has 0 unspecified atom stereocenters. The molecule has 106 valence electrons. The molecule has 2 aromatic heterocycles. The number of pyridine rings is 1. The van der Waals surface area contributed by atoms with Crippen molar-refractivity contribution in [3.63, 3.8) is 0 Å². The Kier molecular flexibility index (Phi) is 3.85. The van der Waals surface area contributed by atoms with Crippen LogP contribution in [-0.2, 0) is 0 Å². The van der Waals surface area contributed by atoms with Gasteiger partial charge in [-0.2, -0.15) is 4.98 Å². The normalized spacial score (nSPS) is 10.9. The van der Waals surface area contributed by atoms with E-state index in [-0.39, 0.29) is 0 Å². The molecule has 0 aliphatic carbocycles. The second-order valence-corrected chi connectivity index (χ2v) is 5.61. The lowest BCUT2D eigenvalue weighted by molar-refractivity contribution is 0.432. The average Bonchev–Trinajstić information content (AvgIpc) is 2.87. The summed E-state index contributed by atoms with van der Waals surface area (Å²) in [7, 11) is 0. The first-order valence-corrected chi connectivity index (χ1v) is 7.09. The SMILES string of the molecule is Cc1cc(Cl)ccc1-c1nc(-c2c(Cl)cncc2Cl)no1. The van der Waals surface area contributed by atoms with E-state index in [9.17, 15) is 0 Å². The molecule has 0 saturated heterocycles. The third kappa shape index (κ3) is 2.75. The van der Waals surface area contributed by atoms with E-state index in [1.54, 1.807) is 6.07 Å². The van der Waals surface area contributed by atoms with Gasteiger partial charge in [0.1, 0.15) is 0 Å². The summed E-state index contributed by atoms with van der Waals surface area (Å²) in [4.78, 5) is 8.24. The summed E-state index contributed by atoms with van der Waals surface area (Å²) in [5.41, 5.74) is 2.24. The fourth-order valence-electron chi connectivity index (χ4n) is 1.93. The molecular weight excluding hydrogens is 333 g/mol. The highest BCUT2D eigenvalue weighted by atomic mass is 35.5. The van der Waals surface area contributed by atoms with Gasteiger partial charge < -0.3 is 4.52 Å². The molecule has 0 aliphatic heterocycles. The van der Waals surface area contributed by atoms with E-state index in [1.807, 2.05) is 19.1 Å². The predicted octanol–water partition coefficient (Wildman–Crippen LogP) is 5.07. The number of hydrogen-bond donors (Lipinski definition) is 0. The van der Waals surface area contributed by atoms with Crippen LogP contribution in [0.2, 0.25) is 15.1 Å². The van der Waals surface area contributed by atoms with Crippen LogP contribution < -0.4 is 0 Å². The summed E-state index contributed by atoms with van der Waals surface area (Å²) in [6, 6.07) is 5.41. The highest BCUT2D eigenvalue weighted by molar-refractivity contribution is 6.38. The molecule has 1 aromatic carbocycles. The van der Waals surface area contributed by atoms with Crippen molar-refractivity contribution in [2.24, 2.45) is 0 Å². The van der Waals surface area contributed by atoms with Gasteiger partial charge in [-0.15, -0.1) is 0 Å². The molecule has 3 aromatic rings. The van der Waals surface area contributed by atoms with Crippen LogP contribution in [-0.4, -0.2) is 15.1 Å². The van der Waals surface area contributed by atoms with E-state index in [0.717, 1.165) is 11.1 Å². The third-order valence-corrected chi connectivity index (χ3v) is 3.73. The number of aryl methyl sites for hydroxylation is 1. The van der Waals surface area contributed by atoms with Crippen molar-refractivity contribution in [1.29, 1.82) is 0 Å². The highest BCUT2D eigenvalue weighted by Crippen LogP contribution is 2.33. The van der Waals surface area contributed by atoms with Crippen molar-refractivity contribution in [3.05, 3.63) is 51.2 Å². The molecule has 2 heterocycles. The summed E-state index contributed by atoms with van der Waals surface area (Å²) in [6.07, 6.45) is 2.96. The van der Waals surface area contributed by atoms with E-state index in [2.05, 4.69) is 15.1 Å². The Balaban J connectivity index is 2.08. The Bertz CT molecular complexity index is 797. The van der Waals surface area contributed by atoms with Gasteiger partial charge in [0.15, 0.2) is 0 Å². The molecule has 0 aliphatic rings. The van der Waals surface area contributed by atoms with Crippen molar-refractivity contribution in [2.45, 2.75) is 6.92 Å². The average molecular weight is 341 g/mol. The van der Waals surface area contributed by atoms with Crippen molar-refractivity contribution in [1.82, 2.24) is 15.1 Å². The maximum absolute atomic E-state index is 6.09. The van der Waals surface area contributed by atoms with Crippen LogP contribution in [0.4, 0.5) is 0 Å². The number of hydrogen-bond acceptors (Lipinski definition) is 4. The number of benzene rings is 1. The van der Waals surface area contributed by atoms with E-state index in [1.165, 1.54) is 12.4 Å². The Labute approximate surface area is 135 Å². The number of rotatable bonds is 2. The van der Waals surface area contributed by atoms with Gasteiger partial charge >= 0.3 is 0 Å². The van der Waals surface area contributed by atoms with Crippen molar-refractivity contribution < 1.29 is 4.52 Å². The molecule has 0 N–H and O–H groups in total. The molecule has 3 rings (SSSR count). The summed E-state index contributed by atoms with van der Waals surface area (Å²) in [5.74, 6) is 0.694. The quantitative estimate of drug-likeness (QED) is 0.653. The molecule has 0 bridgehead atoms. The van der Waals surface area contributed by atoms with Crippen LogP contribution in [0.1, 0.15) is 5.56 Å².